The van der Waals surface area contributed by atoms with E-state index in [-0.39, 0.29) is 19.1 Å². The van der Waals surface area contributed by atoms with E-state index < -0.39 is 0 Å². The van der Waals surface area contributed by atoms with Crippen LogP contribution in [0.15, 0.2) is 18.2 Å². The Morgan fingerprint density at radius 1 is 1.39 bits per heavy atom. The van der Waals surface area contributed by atoms with Crippen LogP contribution < -0.4 is 10.1 Å². The van der Waals surface area contributed by atoms with Crippen molar-refractivity contribution < 1.29 is 14.6 Å². The number of nitrogens with zero attached hydrogens (tertiary/aromatic N) is 1. The number of carbonyl (C=O) groups excluding carboxylic acids is 1. The summed E-state index contributed by atoms with van der Waals surface area (Å²) < 4.78 is 5.10. The minimum atomic E-state index is -0.0924. The van der Waals surface area contributed by atoms with Gasteiger partial charge in [-0.25, -0.2) is 0 Å². The molecule has 6 heteroatoms. The number of amides is 1. The van der Waals surface area contributed by atoms with Crippen LogP contribution in [0, 0.1) is 0 Å². The molecular formula is C17H25ClN2O3. The van der Waals surface area contributed by atoms with E-state index in [2.05, 4.69) is 10.2 Å². The zero-order chi connectivity index (χ0) is 16.7. The summed E-state index contributed by atoms with van der Waals surface area (Å²) in [4.78, 5) is 14.4. The molecule has 0 radical (unpaired) electrons. The van der Waals surface area contributed by atoms with Crippen molar-refractivity contribution in [3.8, 4) is 5.75 Å². The normalized spacial score (nSPS) is 15.7. The van der Waals surface area contributed by atoms with Crippen molar-refractivity contribution in [2.45, 2.75) is 38.1 Å². The number of anilines is 1. The molecule has 1 aromatic carbocycles. The van der Waals surface area contributed by atoms with Crippen molar-refractivity contribution in [2.24, 2.45) is 0 Å². The van der Waals surface area contributed by atoms with E-state index in [0.29, 0.717) is 29.0 Å². The van der Waals surface area contributed by atoms with Crippen molar-refractivity contribution in [3.63, 3.8) is 0 Å². The molecule has 0 atom stereocenters. The average Bonchev–Trinajstić information content (AvgIpc) is 2.55. The van der Waals surface area contributed by atoms with E-state index in [1.165, 1.54) is 19.3 Å². The van der Waals surface area contributed by atoms with Crippen LogP contribution in [0.1, 0.15) is 32.1 Å². The lowest BCUT2D eigenvalue weighted by molar-refractivity contribution is -0.118. The second kappa shape index (κ2) is 9.11. The Labute approximate surface area is 142 Å². The summed E-state index contributed by atoms with van der Waals surface area (Å²) in [5.74, 6) is 0.485. The lowest BCUT2D eigenvalue weighted by Gasteiger charge is -2.33. The standard InChI is InChI=1S/C17H25ClN2O3/c1-23-16-8-7-13(11-15(16)18)19-17(22)12-20(9-10-21)14-5-3-2-4-6-14/h7-8,11,14,21H,2-6,9-10,12H2,1H3,(H,19,22). The molecule has 0 unspecified atom stereocenters. The molecule has 0 aromatic heterocycles. The number of hydrogen-bond acceptors (Lipinski definition) is 4. The Morgan fingerprint density at radius 2 is 2.13 bits per heavy atom. The predicted octanol–water partition coefficient (Wildman–Crippen LogP) is 2.91. The highest BCUT2D eigenvalue weighted by molar-refractivity contribution is 6.32. The van der Waals surface area contributed by atoms with Gasteiger partial charge in [0.05, 0.1) is 25.3 Å². The fourth-order valence-electron chi connectivity index (χ4n) is 3.09. The van der Waals surface area contributed by atoms with Crippen LogP contribution in [0.2, 0.25) is 5.02 Å². The second-order valence-corrected chi connectivity index (χ2v) is 6.29. The molecule has 1 aliphatic rings. The van der Waals surface area contributed by atoms with Crippen LogP contribution in [0.5, 0.6) is 5.75 Å². The summed E-state index contributed by atoms with van der Waals surface area (Å²) in [7, 11) is 1.55. The number of halogens is 1. The quantitative estimate of drug-likeness (QED) is 0.801. The molecule has 0 spiro atoms. The van der Waals surface area contributed by atoms with Gasteiger partial charge in [0, 0.05) is 18.3 Å². The summed E-state index contributed by atoms with van der Waals surface area (Å²) in [6, 6.07) is 5.56. The Morgan fingerprint density at radius 3 is 2.74 bits per heavy atom. The Hall–Kier alpha value is -1.30. The molecule has 0 aliphatic heterocycles. The lowest BCUT2D eigenvalue weighted by Crippen LogP contribution is -2.43. The Balaban J connectivity index is 1.94. The first-order chi connectivity index (χ1) is 11.1. The minimum Gasteiger partial charge on any atom is -0.495 e. The zero-order valence-electron chi connectivity index (χ0n) is 13.6. The molecule has 0 saturated heterocycles. The SMILES string of the molecule is COc1ccc(NC(=O)CN(CCO)C2CCCCC2)cc1Cl. The van der Waals surface area contributed by atoms with E-state index in [0.717, 1.165) is 12.8 Å². The number of aliphatic hydroxyl groups excluding tert-OH is 1. The maximum Gasteiger partial charge on any atom is 0.238 e. The number of methoxy groups -OCH3 is 1. The van der Waals surface area contributed by atoms with Gasteiger partial charge in [-0.15, -0.1) is 0 Å². The number of nitrogens with one attached hydrogen (secondary N) is 1. The monoisotopic (exact) mass is 340 g/mol. The van der Waals surface area contributed by atoms with Gasteiger partial charge in [0.25, 0.3) is 0 Å². The second-order valence-electron chi connectivity index (χ2n) is 5.88. The van der Waals surface area contributed by atoms with Crippen molar-refractivity contribution in [3.05, 3.63) is 23.2 Å². The first-order valence-corrected chi connectivity index (χ1v) is 8.50. The molecule has 128 valence electrons. The molecule has 0 heterocycles. The zero-order valence-corrected chi connectivity index (χ0v) is 14.3. The van der Waals surface area contributed by atoms with Crippen molar-refractivity contribution in [2.75, 3.05) is 32.1 Å². The molecule has 1 amide bonds. The summed E-state index contributed by atoms with van der Waals surface area (Å²) in [5.41, 5.74) is 0.647. The van der Waals surface area contributed by atoms with Crippen LogP contribution in [-0.2, 0) is 4.79 Å². The van der Waals surface area contributed by atoms with Crippen LogP contribution >= 0.6 is 11.6 Å². The molecule has 23 heavy (non-hydrogen) atoms. The summed E-state index contributed by atoms with van der Waals surface area (Å²) in [6.07, 6.45) is 5.86. The third kappa shape index (κ3) is 5.37. The summed E-state index contributed by atoms with van der Waals surface area (Å²) in [6.45, 7) is 0.883. The van der Waals surface area contributed by atoms with Gasteiger partial charge in [0.1, 0.15) is 5.75 Å². The Kier molecular flexibility index (Phi) is 7.15. The minimum absolute atomic E-state index is 0.0676. The van der Waals surface area contributed by atoms with Crippen LogP contribution in [0.4, 0.5) is 5.69 Å². The number of hydrogen-bond donors (Lipinski definition) is 2. The van der Waals surface area contributed by atoms with Crippen LogP contribution in [0.3, 0.4) is 0 Å². The maximum absolute atomic E-state index is 12.3. The molecule has 2 N–H and O–H groups in total. The molecule has 1 aromatic rings. The molecule has 2 rings (SSSR count). The van der Waals surface area contributed by atoms with Crippen molar-refractivity contribution in [1.29, 1.82) is 0 Å². The molecule has 0 bridgehead atoms. The smallest absolute Gasteiger partial charge is 0.238 e. The lowest BCUT2D eigenvalue weighted by atomic mass is 9.94. The fourth-order valence-corrected chi connectivity index (χ4v) is 3.35. The van der Waals surface area contributed by atoms with E-state index in [1.807, 2.05) is 0 Å². The Bertz CT molecular complexity index is 519. The molecule has 1 saturated carbocycles. The van der Waals surface area contributed by atoms with Crippen LogP contribution in [-0.4, -0.2) is 48.8 Å². The number of benzene rings is 1. The molecule has 5 nitrogen and oxygen atoms in total. The maximum atomic E-state index is 12.3. The van der Waals surface area contributed by atoms with Gasteiger partial charge in [0.2, 0.25) is 5.91 Å². The first-order valence-electron chi connectivity index (χ1n) is 8.12. The predicted molar refractivity (Wildman–Crippen MR) is 92.2 cm³/mol. The number of ether oxygens (including phenoxy) is 1. The van der Waals surface area contributed by atoms with Crippen molar-refractivity contribution >= 4 is 23.2 Å². The summed E-state index contributed by atoms with van der Waals surface area (Å²) in [5, 5.41) is 12.6. The number of carbonyl (C=O) groups is 1. The number of aliphatic hydroxyl groups is 1. The molecule has 1 fully saturated rings. The largest absolute Gasteiger partial charge is 0.495 e. The van der Waals surface area contributed by atoms with Crippen LogP contribution in [0.25, 0.3) is 0 Å². The van der Waals surface area contributed by atoms with E-state index in [9.17, 15) is 9.90 Å². The fraction of sp³-hybridized carbons (Fsp3) is 0.588. The highest BCUT2D eigenvalue weighted by Gasteiger charge is 2.22. The van der Waals surface area contributed by atoms with Gasteiger partial charge in [-0.3, -0.25) is 9.69 Å². The van der Waals surface area contributed by atoms with Gasteiger partial charge >= 0.3 is 0 Å². The van der Waals surface area contributed by atoms with Gasteiger partial charge in [-0.05, 0) is 31.0 Å². The highest BCUT2D eigenvalue weighted by atomic mass is 35.5. The van der Waals surface area contributed by atoms with Gasteiger partial charge in [-0.2, -0.15) is 0 Å². The van der Waals surface area contributed by atoms with E-state index in [4.69, 9.17) is 16.3 Å². The first kappa shape index (κ1) is 18.0. The van der Waals surface area contributed by atoms with Gasteiger partial charge in [0.15, 0.2) is 0 Å². The summed E-state index contributed by atoms with van der Waals surface area (Å²) >= 11 is 6.07. The third-order valence-electron chi connectivity index (χ3n) is 4.26. The highest BCUT2D eigenvalue weighted by Crippen LogP contribution is 2.27. The van der Waals surface area contributed by atoms with Gasteiger partial charge in [-0.1, -0.05) is 30.9 Å². The van der Waals surface area contributed by atoms with E-state index in [1.54, 1.807) is 25.3 Å². The molecule has 1 aliphatic carbocycles. The topological polar surface area (TPSA) is 61.8 Å². The number of rotatable bonds is 7. The van der Waals surface area contributed by atoms with E-state index >= 15 is 0 Å². The van der Waals surface area contributed by atoms with Gasteiger partial charge < -0.3 is 15.2 Å². The molecular weight excluding hydrogens is 316 g/mol. The average molecular weight is 341 g/mol. The third-order valence-corrected chi connectivity index (χ3v) is 4.56. The van der Waals surface area contributed by atoms with Crippen molar-refractivity contribution in [1.82, 2.24) is 4.90 Å².